The maximum atomic E-state index is 12.5. The fourth-order valence-electron chi connectivity index (χ4n) is 2.12. The lowest BCUT2D eigenvalue weighted by Crippen LogP contribution is -2.22. The van der Waals surface area contributed by atoms with Gasteiger partial charge in [0.25, 0.3) is 0 Å². The molecule has 2 aromatic rings. The van der Waals surface area contributed by atoms with Crippen LogP contribution in [0.2, 0.25) is 0 Å². The fourth-order valence-corrected chi connectivity index (χ4v) is 2.12. The standard InChI is InChI=1S/C17H17F3N2O/c1-2-12-5-3-4-6-15(12)21-11-16(23)22-14-9-7-13(8-10-14)17(18,19)20/h3-10,21H,2,11H2,1H3,(H,22,23). The van der Waals surface area contributed by atoms with Crippen LogP contribution in [0.4, 0.5) is 24.5 Å². The number of para-hydroxylation sites is 1. The monoisotopic (exact) mass is 322 g/mol. The van der Waals surface area contributed by atoms with Gasteiger partial charge in [0.15, 0.2) is 0 Å². The van der Waals surface area contributed by atoms with Gasteiger partial charge < -0.3 is 10.6 Å². The molecular formula is C17H17F3N2O. The first-order valence-corrected chi connectivity index (χ1v) is 7.19. The predicted molar refractivity (Wildman–Crippen MR) is 84.4 cm³/mol. The molecule has 0 radical (unpaired) electrons. The van der Waals surface area contributed by atoms with Crippen molar-refractivity contribution < 1.29 is 18.0 Å². The summed E-state index contributed by atoms with van der Waals surface area (Å²) in [7, 11) is 0. The summed E-state index contributed by atoms with van der Waals surface area (Å²) in [5.41, 5.74) is 1.55. The molecule has 2 N–H and O–H groups in total. The molecular weight excluding hydrogens is 305 g/mol. The number of anilines is 2. The number of hydrogen-bond acceptors (Lipinski definition) is 2. The number of benzene rings is 2. The van der Waals surface area contributed by atoms with Gasteiger partial charge in [-0.25, -0.2) is 0 Å². The first kappa shape index (κ1) is 16.9. The van der Waals surface area contributed by atoms with Gasteiger partial charge in [-0.1, -0.05) is 25.1 Å². The van der Waals surface area contributed by atoms with Crippen LogP contribution in [0.1, 0.15) is 18.1 Å². The van der Waals surface area contributed by atoms with Crippen LogP contribution in [0.5, 0.6) is 0 Å². The molecule has 0 unspecified atom stereocenters. The number of carbonyl (C=O) groups is 1. The molecule has 6 heteroatoms. The Bertz CT molecular complexity index is 666. The van der Waals surface area contributed by atoms with Gasteiger partial charge in [-0.05, 0) is 42.3 Å². The molecule has 122 valence electrons. The van der Waals surface area contributed by atoms with E-state index in [2.05, 4.69) is 10.6 Å². The molecule has 0 atom stereocenters. The van der Waals surface area contributed by atoms with E-state index >= 15 is 0 Å². The van der Waals surface area contributed by atoms with Crippen molar-refractivity contribution in [2.75, 3.05) is 17.2 Å². The maximum absolute atomic E-state index is 12.5. The summed E-state index contributed by atoms with van der Waals surface area (Å²) in [6.07, 6.45) is -3.54. The summed E-state index contributed by atoms with van der Waals surface area (Å²) in [5.74, 6) is -0.323. The molecule has 2 rings (SSSR count). The zero-order chi connectivity index (χ0) is 16.9. The van der Waals surface area contributed by atoms with Crippen molar-refractivity contribution in [2.45, 2.75) is 19.5 Å². The van der Waals surface area contributed by atoms with Crippen molar-refractivity contribution in [3.05, 3.63) is 59.7 Å². The number of halogens is 3. The Balaban J connectivity index is 1.92. The molecule has 0 aliphatic heterocycles. The minimum absolute atomic E-state index is 0.0397. The van der Waals surface area contributed by atoms with Gasteiger partial charge in [0.2, 0.25) is 5.91 Å². The van der Waals surface area contributed by atoms with E-state index in [0.29, 0.717) is 5.69 Å². The highest BCUT2D eigenvalue weighted by Crippen LogP contribution is 2.29. The third-order valence-corrected chi connectivity index (χ3v) is 3.33. The van der Waals surface area contributed by atoms with Crippen molar-refractivity contribution in [1.82, 2.24) is 0 Å². The Morgan fingerprint density at radius 3 is 2.30 bits per heavy atom. The van der Waals surface area contributed by atoms with Gasteiger partial charge in [-0.2, -0.15) is 13.2 Å². The maximum Gasteiger partial charge on any atom is 0.416 e. The van der Waals surface area contributed by atoms with Crippen molar-refractivity contribution in [3.63, 3.8) is 0 Å². The van der Waals surface area contributed by atoms with Crippen LogP contribution in [0.15, 0.2) is 48.5 Å². The number of nitrogens with one attached hydrogen (secondary N) is 2. The van der Waals surface area contributed by atoms with Crippen molar-refractivity contribution in [1.29, 1.82) is 0 Å². The number of aryl methyl sites for hydroxylation is 1. The predicted octanol–water partition coefficient (Wildman–Crippen LogP) is 4.32. The molecule has 0 aliphatic rings. The molecule has 1 amide bonds. The lowest BCUT2D eigenvalue weighted by atomic mass is 10.1. The van der Waals surface area contributed by atoms with Gasteiger partial charge in [-0.15, -0.1) is 0 Å². The Morgan fingerprint density at radius 1 is 1.04 bits per heavy atom. The van der Waals surface area contributed by atoms with Crippen molar-refractivity contribution >= 4 is 17.3 Å². The lowest BCUT2D eigenvalue weighted by molar-refractivity contribution is -0.137. The van der Waals surface area contributed by atoms with E-state index in [4.69, 9.17) is 0 Å². The third kappa shape index (κ3) is 4.74. The largest absolute Gasteiger partial charge is 0.416 e. The second kappa shape index (κ2) is 7.17. The number of alkyl halides is 3. The normalized spacial score (nSPS) is 11.1. The van der Waals surface area contributed by atoms with E-state index in [1.54, 1.807) is 0 Å². The molecule has 0 aromatic heterocycles. The summed E-state index contributed by atoms with van der Waals surface area (Å²) in [6.45, 7) is 2.06. The fraction of sp³-hybridized carbons (Fsp3) is 0.235. The van der Waals surface area contributed by atoms with E-state index in [1.807, 2.05) is 31.2 Å². The van der Waals surface area contributed by atoms with Gasteiger partial charge in [0.1, 0.15) is 0 Å². The Kier molecular flexibility index (Phi) is 5.26. The summed E-state index contributed by atoms with van der Waals surface area (Å²) in [5, 5.41) is 5.59. The highest BCUT2D eigenvalue weighted by molar-refractivity contribution is 5.93. The van der Waals surface area contributed by atoms with Gasteiger partial charge in [0.05, 0.1) is 12.1 Å². The van der Waals surface area contributed by atoms with Crippen molar-refractivity contribution in [2.24, 2.45) is 0 Å². The van der Waals surface area contributed by atoms with Gasteiger partial charge in [-0.3, -0.25) is 4.79 Å². The minimum atomic E-state index is -4.38. The van der Waals surface area contributed by atoms with Crippen molar-refractivity contribution in [3.8, 4) is 0 Å². The Hall–Kier alpha value is -2.50. The van der Waals surface area contributed by atoms with Crippen LogP contribution >= 0.6 is 0 Å². The second-order valence-electron chi connectivity index (χ2n) is 4.99. The average molecular weight is 322 g/mol. The van der Waals surface area contributed by atoms with E-state index in [0.717, 1.165) is 29.8 Å². The van der Waals surface area contributed by atoms with E-state index in [-0.39, 0.29) is 12.5 Å². The van der Waals surface area contributed by atoms with Crippen LogP contribution in [0.25, 0.3) is 0 Å². The van der Waals surface area contributed by atoms with E-state index in [9.17, 15) is 18.0 Å². The minimum Gasteiger partial charge on any atom is -0.376 e. The smallest absolute Gasteiger partial charge is 0.376 e. The highest BCUT2D eigenvalue weighted by Gasteiger charge is 2.29. The summed E-state index contributed by atoms with van der Waals surface area (Å²) >= 11 is 0. The molecule has 2 aromatic carbocycles. The molecule has 0 heterocycles. The van der Waals surface area contributed by atoms with E-state index < -0.39 is 11.7 Å². The highest BCUT2D eigenvalue weighted by atomic mass is 19.4. The number of hydrogen-bond donors (Lipinski definition) is 2. The molecule has 3 nitrogen and oxygen atoms in total. The molecule has 0 saturated carbocycles. The Morgan fingerprint density at radius 2 is 1.70 bits per heavy atom. The first-order valence-electron chi connectivity index (χ1n) is 7.19. The van der Waals surface area contributed by atoms with Gasteiger partial charge >= 0.3 is 6.18 Å². The number of carbonyl (C=O) groups excluding carboxylic acids is 1. The number of rotatable bonds is 5. The summed E-state index contributed by atoms with van der Waals surface area (Å²) in [4.78, 5) is 11.9. The van der Waals surface area contributed by atoms with Crippen LogP contribution in [-0.2, 0) is 17.4 Å². The molecule has 0 bridgehead atoms. The zero-order valence-electron chi connectivity index (χ0n) is 12.6. The lowest BCUT2D eigenvalue weighted by Gasteiger charge is -2.12. The summed E-state index contributed by atoms with van der Waals surface area (Å²) in [6, 6.07) is 12.0. The molecule has 23 heavy (non-hydrogen) atoms. The van der Waals surface area contributed by atoms with Crippen LogP contribution in [-0.4, -0.2) is 12.5 Å². The van der Waals surface area contributed by atoms with Crippen LogP contribution in [0, 0.1) is 0 Å². The molecule has 0 fully saturated rings. The Labute approximate surface area is 132 Å². The topological polar surface area (TPSA) is 41.1 Å². The third-order valence-electron chi connectivity index (χ3n) is 3.33. The first-order chi connectivity index (χ1) is 10.9. The SMILES string of the molecule is CCc1ccccc1NCC(=O)Nc1ccc(C(F)(F)F)cc1. The zero-order valence-corrected chi connectivity index (χ0v) is 12.6. The molecule has 0 aliphatic carbocycles. The molecule has 0 spiro atoms. The van der Waals surface area contributed by atoms with Gasteiger partial charge in [0, 0.05) is 11.4 Å². The quantitative estimate of drug-likeness (QED) is 0.861. The van der Waals surface area contributed by atoms with Crippen LogP contribution in [0.3, 0.4) is 0 Å². The summed E-state index contributed by atoms with van der Waals surface area (Å²) < 4.78 is 37.4. The van der Waals surface area contributed by atoms with E-state index in [1.165, 1.54) is 12.1 Å². The second-order valence-corrected chi connectivity index (χ2v) is 4.99. The average Bonchev–Trinajstić information content (AvgIpc) is 2.53. The number of amides is 1. The van der Waals surface area contributed by atoms with Crippen LogP contribution < -0.4 is 10.6 Å². The molecule has 0 saturated heterocycles.